The first-order valence-corrected chi connectivity index (χ1v) is 6.14. The maximum Gasteiger partial charge on any atom is 0.129 e. The average Bonchev–Trinajstić information content (AvgIpc) is 2.20. The summed E-state index contributed by atoms with van der Waals surface area (Å²) in [5, 5.41) is 3.39. The van der Waals surface area contributed by atoms with Crippen molar-refractivity contribution >= 4 is 5.78 Å². The fourth-order valence-electron chi connectivity index (χ4n) is 2.08. The zero-order valence-electron chi connectivity index (χ0n) is 10.1. The largest absolute Gasteiger partial charge is 0.314 e. The van der Waals surface area contributed by atoms with Gasteiger partial charge in [-0.05, 0) is 33.2 Å². The number of Topliss-reactive ketones (excluding diaryl/α,β-unsaturated/α-hetero) is 1. The van der Waals surface area contributed by atoms with Crippen LogP contribution in [0, 0.1) is 0 Å². The van der Waals surface area contributed by atoms with Crippen molar-refractivity contribution in [2.75, 3.05) is 26.2 Å². The summed E-state index contributed by atoms with van der Waals surface area (Å²) in [7, 11) is 0. The summed E-state index contributed by atoms with van der Waals surface area (Å²) in [6.07, 6.45) is 4.25. The Kier molecular flexibility index (Phi) is 5.88. The molecule has 0 radical (unpaired) electrons. The van der Waals surface area contributed by atoms with Gasteiger partial charge in [-0.15, -0.1) is 0 Å². The summed E-state index contributed by atoms with van der Waals surface area (Å²) >= 11 is 0. The molecule has 0 aliphatic carbocycles. The van der Waals surface area contributed by atoms with Gasteiger partial charge in [0.2, 0.25) is 0 Å². The molecule has 1 fully saturated rings. The number of nitrogens with one attached hydrogen (secondary N) is 1. The molecule has 0 aromatic rings. The third-order valence-electron chi connectivity index (χ3n) is 3.11. The molecule has 1 N–H and O–H groups in total. The molecule has 1 saturated heterocycles. The van der Waals surface area contributed by atoms with Gasteiger partial charge in [0, 0.05) is 32.1 Å². The minimum atomic E-state index is 0.325. The van der Waals surface area contributed by atoms with Crippen molar-refractivity contribution in [1.29, 1.82) is 0 Å². The van der Waals surface area contributed by atoms with Crippen molar-refractivity contribution in [3.63, 3.8) is 0 Å². The van der Waals surface area contributed by atoms with Crippen LogP contribution in [0.4, 0.5) is 0 Å². The van der Waals surface area contributed by atoms with Crippen LogP contribution in [0.1, 0.15) is 39.5 Å². The zero-order chi connectivity index (χ0) is 11.1. The molecule has 1 atom stereocenters. The molecule has 0 amide bonds. The Morgan fingerprint density at radius 3 is 2.87 bits per heavy atom. The molecule has 3 nitrogen and oxygen atoms in total. The lowest BCUT2D eigenvalue weighted by Crippen LogP contribution is -2.49. The maximum atomic E-state index is 10.7. The number of nitrogens with zero attached hydrogens (tertiary/aromatic N) is 1. The van der Waals surface area contributed by atoms with E-state index in [1.54, 1.807) is 6.92 Å². The Labute approximate surface area is 93.2 Å². The van der Waals surface area contributed by atoms with Crippen LogP contribution >= 0.6 is 0 Å². The Morgan fingerprint density at radius 1 is 1.40 bits per heavy atom. The molecule has 1 heterocycles. The standard InChI is InChI=1S/C12H24N2O/c1-11-10-13-7-9-14(11)8-5-3-4-6-12(2)15/h11,13H,3-10H2,1-2H3. The van der Waals surface area contributed by atoms with Gasteiger partial charge < -0.3 is 10.1 Å². The lowest BCUT2D eigenvalue weighted by Gasteiger charge is -2.33. The summed E-state index contributed by atoms with van der Waals surface area (Å²) in [6.45, 7) is 8.57. The molecule has 0 spiro atoms. The quantitative estimate of drug-likeness (QED) is 0.676. The van der Waals surface area contributed by atoms with Crippen molar-refractivity contribution in [3.8, 4) is 0 Å². The smallest absolute Gasteiger partial charge is 0.129 e. The Morgan fingerprint density at radius 2 is 2.20 bits per heavy atom. The Hall–Kier alpha value is -0.410. The van der Waals surface area contributed by atoms with Crippen molar-refractivity contribution in [2.45, 2.75) is 45.6 Å². The molecule has 1 aliphatic heterocycles. The molecule has 0 aromatic heterocycles. The lowest BCUT2D eigenvalue weighted by molar-refractivity contribution is -0.117. The summed E-state index contributed by atoms with van der Waals surface area (Å²) in [6, 6.07) is 0.673. The van der Waals surface area contributed by atoms with Gasteiger partial charge in [0.15, 0.2) is 0 Å². The third kappa shape index (κ3) is 5.28. The highest BCUT2D eigenvalue weighted by molar-refractivity contribution is 5.75. The molecule has 3 heteroatoms. The Balaban J connectivity index is 2.01. The fraction of sp³-hybridized carbons (Fsp3) is 0.917. The summed E-state index contributed by atoms with van der Waals surface area (Å²) in [4.78, 5) is 13.3. The summed E-state index contributed by atoms with van der Waals surface area (Å²) < 4.78 is 0. The van der Waals surface area contributed by atoms with E-state index in [9.17, 15) is 4.79 Å². The van der Waals surface area contributed by atoms with Gasteiger partial charge in [0.05, 0.1) is 0 Å². The van der Waals surface area contributed by atoms with Crippen LogP contribution in [-0.2, 0) is 4.79 Å². The van der Waals surface area contributed by atoms with E-state index in [2.05, 4.69) is 17.1 Å². The van der Waals surface area contributed by atoms with Gasteiger partial charge in [-0.2, -0.15) is 0 Å². The maximum absolute atomic E-state index is 10.7. The molecular weight excluding hydrogens is 188 g/mol. The van der Waals surface area contributed by atoms with E-state index in [-0.39, 0.29) is 0 Å². The molecule has 0 saturated carbocycles. The van der Waals surface area contributed by atoms with Crippen molar-refractivity contribution < 1.29 is 4.79 Å². The van der Waals surface area contributed by atoms with Crippen LogP contribution in [0.25, 0.3) is 0 Å². The summed E-state index contributed by atoms with van der Waals surface area (Å²) in [5.74, 6) is 0.325. The number of unbranched alkanes of at least 4 members (excludes halogenated alkanes) is 2. The average molecular weight is 212 g/mol. The van der Waals surface area contributed by atoms with Crippen LogP contribution in [0.2, 0.25) is 0 Å². The highest BCUT2D eigenvalue weighted by Crippen LogP contribution is 2.06. The van der Waals surface area contributed by atoms with Crippen LogP contribution in [-0.4, -0.2) is 42.9 Å². The number of hydrogen-bond donors (Lipinski definition) is 1. The van der Waals surface area contributed by atoms with Crippen molar-refractivity contribution in [3.05, 3.63) is 0 Å². The molecule has 0 aromatic carbocycles. The molecule has 1 aliphatic rings. The van der Waals surface area contributed by atoms with E-state index in [4.69, 9.17) is 0 Å². The van der Waals surface area contributed by atoms with Crippen LogP contribution < -0.4 is 5.32 Å². The zero-order valence-corrected chi connectivity index (χ0v) is 10.1. The first kappa shape index (κ1) is 12.7. The van der Waals surface area contributed by atoms with Crippen LogP contribution in [0.15, 0.2) is 0 Å². The predicted octanol–water partition coefficient (Wildman–Crippen LogP) is 1.43. The second kappa shape index (κ2) is 6.96. The molecular formula is C12H24N2O. The highest BCUT2D eigenvalue weighted by Gasteiger charge is 2.16. The number of carbonyl (C=O) groups is 1. The minimum absolute atomic E-state index is 0.325. The summed E-state index contributed by atoms with van der Waals surface area (Å²) in [5.41, 5.74) is 0. The molecule has 1 unspecified atom stereocenters. The van der Waals surface area contributed by atoms with Crippen molar-refractivity contribution in [1.82, 2.24) is 10.2 Å². The van der Waals surface area contributed by atoms with E-state index < -0.39 is 0 Å². The second-order valence-electron chi connectivity index (χ2n) is 4.60. The van der Waals surface area contributed by atoms with Gasteiger partial charge in [0.25, 0.3) is 0 Å². The number of hydrogen-bond acceptors (Lipinski definition) is 3. The molecule has 0 bridgehead atoms. The first-order chi connectivity index (χ1) is 7.20. The first-order valence-electron chi connectivity index (χ1n) is 6.14. The SMILES string of the molecule is CC(=O)CCCCCN1CCNCC1C. The number of carbonyl (C=O) groups excluding carboxylic acids is 1. The van der Waals surface area contributed by atoms with Gasteiger partial charge >= 0.3 is 0 Å². The van der Waals surface area contributed by atoms with Crippen molar-refractivity contribution in [2.24, 2.45) is 0 Å². The lowest BCUT2D eigenvalue weighted by atomic mass is 10.1. The molecule has 1 rings (SSSR count). The van der Waals surface area contributed by atoms with Crippen LogP contribution in [0.3, 0.4) is 0 Å². The normalized spacial score (nSPS) is 22.9. The van der Waals surface area contributed by atoms with Gasteiger partial charge in [-0.1, -0.05) is 6.42 Å². The topological polar surface area (TPSA) is 32.3 Å². The third-order valence-corrected chi connectivity index (χ3v) is 3.11. The monoisotopic (exact) mass is 212 g/mol. The van der Waals surface area contributed by atoms with E-state index in [1.165, 1.54) is 25.9 Å². The van der Waals surface area contributed by atoms with E-state index >= 15 is 0 Å². The van der Waals surface area contributed by atoms with Gasteiger partial charge in [0.1, 0.15) is 5.78 Å². The number of ketones is 1. The predicted molar refractivity (Wildman–Crippen MR) is 63.1 cm³/mol. The van der Waals surface area contributed by atoms with E-state index in [0.717, 1.165) is 25.9 Å². The minimum Gasteiger partial charge on any atom is -0.314 e. The van der Waals surface area contributed by atoms with Crippen LogP contribution in [0.5, 0.6) is 0 Å². The van der Waals surface area contributed by atoms with E-state index in [1.807, 2.05) is 0 Å². The number of rotatable bonds is 6. The number of piperazine rings is 1. The van der Waals surface area contributed by atoms with Gasteiger partial charge in [-0.25, -0.2) is 0 Å². The van der Waals surface area contributed by atoms with E-state index in [0.29, 0.717) is 11.8 Å². The Bertz CT molecular complexity index is 194. The second-order valence-corrected chi connectivity index (χ2v) is 4.60. The molecule has 88 valence electrons. The molecule has 15 heavy (non-hydrogen) atoms. The highest BCUT2D eigenvalue weighted by atomic mass is 16.1. The van der Waals surface area contributed by atoms with Gasteiger partial charge in [-0.3, -0.25) is 4.90 Å². The fourth-order valence-corrected chi connectivity index (χ4v) is 2.08.